The number of hydrogen-bond acceptors (Lipinski definition) is 4. The van der Waals surface area contributed by atoms with E-state index in [2.05, 4.69) is 21.4 Å². The third-order valence-corrected chi connectivity index (χ3v) is 3.98. The smallest absolute Gasteiger partial charge is 0.227 e. The number of benzene rings is 1. The molecule has 4 nitrogen and oxygen atoms in total. The van der Waals surface area contributed by atoms with E-state index in [1.54, 1.807) is 7.05 Å². The lowest BCUT2D eigenvalue weighted by Gasteiger charge is -1.96. The first-order valence-corrected chi connectivity index (χ1v) is 6.51. The van der Waals surface area contributed by atoms with Crippen LogP contribution in [0, 0.1) is 0 Å². The number of para-hydroxylation sites is 1. The fraction of sp³-hybridized carbons (Fsp3) is 0.154. The summed E-state index contributed by atoms with van der Waals surface area (Å²) >= 11 is 1.48. The van der Waals surface area contributed by atoms with Gasteiger partial charge >= 0.3 is 0 Å². The third-order valence-electron chi connectivity index (χ3n) is 2.92. The van der Waals surface area contributed by atoms with Crippen LogP contribution in [-0.4, -0.2) is 22.1 Å². The zero-order chi connectivity index (χ0) is 12.5. The van der Waals surface area contributed by atoms with Crippen molar-refractivity contribution in [3.63, 3.8) is 0 Å². The van der Waals surface area contributed by atoms with Crippen molar-refractivity contribution in [2.45, 2.75) is 6.42 Å². The van der Waals surface area contributed by atoms with Crippen molar-refractivity contribution in [3.8, 4) is 5.88 Å². The van der Waals surface area contributed by atoms with Gasteiger partial charge in [0.25, 0.3) is 0 Å². The van der Waals surface area contributed by atoms with E-state index in [-0.39, 0.29) is 5.88 Å². The molecule has 0 unspecified atom stereocenters. The highest BCUT2D eigenvalue weighted by atomic mass is 32.1. The molecule has 2 heterocycles. The van der Waals surface area contributed by atoms with Crippen LogP contribution in [0.2, 0.25) is 0 Å². The fourth-order valence-electron chi connectivity index (χ4n) is 2.02. The van der Waals surface area contributed by atoms with Gasteiger partial charge in [0.15, 0.2) is 5.13 Å². The molecule has 2 aromatic heterocycles. The van der Waals surface area contributed by atoms with Gasteiger partial charge in [-0.1, -0.05) is 29.5 Å². The summed E-state index contributed by atoms with van der Waals surface area (Å²) in [5.74, 6) is 0.120. The Balaban J connectivity index is 1.98. The van der Waals surface area contributed by atoms with Crippen LogP contribution >= 0.6 is 11.3 Å². The Kier molecular flexibility index (Phi) is 2.68. The maximum Gasteiger partial charge on any atom is 0.227 e. The van der Waals surface area contributed by atoms with Gasteiger partial charge in [-0.25, -0.2) is 0 Å². The quantitative estimate of drug-likeness (QED) is 0.677. The number of rotatable bonds is 3. The normalized spacial score (nSPS) is 10.9. The molecule has 3 N–H and O–H groups in total. The summed E-state index contributed by atoms with van der Waals surface area (Å²) in [7, 11) is 1.80. The Bertz CT molecular complexity index is 686. The third kappa shape index (κ3) is 1.82. The molecule has 3 aromatic rings. The number of H-pyrrole nitrogens is 1. The number of nitrogens with zero attached hydrogens (tertiary/aromatic N) is 1. The van der Waals surface area contributed by atoms with Crippen LogP contribution in [-0.2, 0) is 6.42 Å². The SMILES string of the molecule is CNc1nc(O)c(Cc2c[nH]c3ccccc23)s1. The van der Waals surface area contributed by atoms with Gasteiger partial charge in [-0.3, -0.25) is 0 Å². The van der Waals surface area contributed by atoms with E-state index in [1.165, 1.54) is 22.3 Å². The van der Waals surface area contributed by atoms with Gasteiger partial charge in [0.1, 0.15) is 0 Å². The number of aromatic nitrogens is 2. The van der Waals surface area contributed by atoms with Crippen molar-refractivity contribution in [1.29, 1.82) is 0 Å². The molecule has 0 saturated carbocycles. The van der Waals surface area contributed by atoms with Crippen LogP contribution in [0.25, 0.3) is 10.9 Å². The molecule has 18 heavy (non-hydrogen) atoms. The first kappa shape index (κ1) is 11.1. The summed E-state index contributed by atoms with van der Waals surface area (Å²) in [5.41, 5.74) is 2.29. The molecule has 5 heteroatoms. The maximum absolute atomic E-state index is 9.78. The summed E-state index contributed by atoms with van der Waals surface area (Å²) in [6.45, 7) is 0. The molecular formula is C13H13N3OS. The van der Waals surface area contributed by atoms with Gasteiger partial charge in [0.2, 0.25) is 5.88 Å². The van der Waals surface area contributed by atoms with Crippen LogP contribution < -0.4 is 5.32 Å². The number of nitrogens with one attached hydrogen (secondary N) is 2. The molecule has 3 rings (SSSR count). The Morgan fingerprint density at radius 1 is 1.39 bits per heavy atom. The van der Waals surface area contributed by atoms with Gasteiger partial charge in [-0.2, -0.15) is 4.98 Å². The largest absolute Gasteiger partial charge is 0.492 e. The number of anilines is 1. The Labute approximate surface area is 108 Å². The minimum Gasteiger partial charge on any atom is -0.492 e. The number of fused-ring (bicyclic) bond motifs is 1. The molecule has 0 aliphatic carbocycles. The zero-order valence-corrected chi connectivity index (χ0v) is 10.7. The van der Waals surface area contributed by atoms with Gasteiger partial charge < -0.3 is 15.4 Å². The Morgan fingerprint density at radius 3 is 3.00 bits per heavy atom. The van der Waals surface area contributed by atoms with Crippen molar-refractivity contribution in [3.05, 3.63) is 40.9 Å². The predicted molar refractivity (Wildman–Crippen MR) is 74.4 cm³/mol. The molecule has 0 aliphatic heterocycles. The molecule has 0 amide bonds. The topological polar surface area (TPSA) is 60.9 Å². The zero-order valence-electron chi connectivity index (χ0n) is 9.90. The van der Waals surface area contributed by atoms with E-state index in [9.17, 15) is 5.11 Å². The monoisotopic (exact) mass is 259 g/mol. The molecule has 0 spiro atoms. The first-order valence-electron chi connectivity index (χ1n) is 5.69. The summed E-state index contributed by atoms with van der Waals surface area (Å²) in [4.78, 5) is 8.16. The molecular weight excluding hydrogens is 246 g/mol. The summed E-state index contributed by atoms with van der Waals surface area (Å²) in [6, 6.07) is 8.15. The first-order chi connectivity index (χ1) is 8.78. The summed E-state index contributed by atoms with van der Waals surface area (Å²) in [5, 5.41) is 14.7. The minimum atomic E-state index is 0.120. The minimum absolute atomic E-state index is 0.120. The number of aromatic amines is 1. The second kappa shape index (κ2) is 4.34. The molecule has 92 valence electrons. The van der Waals surface area contributed by atoms with Crippen LogP contribution in [0.5, 0.6) is 5.88 Å². The maximum atomic E-state index is 9.78. The second-order valence-electron chi connectivity index (χ2n) is 4.05. The second-order valence-corrected chi connectivity index (χ2v) is 5.14. The van der Waals surface area contributed by atoms with E-state index in [4.69, 9.17) is 0 Å². The van der Waals surface area contributed by atoms with Gasteiger partial charge in [-0.05, 0) is 11.6 Å². The lowest BCUT2D eigenvalue weighted by Crippen LogP contribution is -1.83. The number of hydrogen-bond donors (Lipinski definition) is 3. The summed E-state index contributed by atoms with van der Waals surface area (Å²) < 4.78 is 0. The van der Waals surface area contributed by atoms with E-state index in [0.29, 0.717) is 6.42 Å². The van der Waals surface area contributed by atoms with E-state index in [0.717, 1.165) is 15.5 Å². The average Bonchev–Trinajstić information content (AvgIpc) is 2.95. The van der Waals surface area contributed by atoms with E-state index in [1.807, 2.05) is 24.4 Å². The molecule has 0 saturated heterocycles. The Hall–Kier alpha value is -2.01. The molecule has 0 atom stereocenters. The molecule has 0 fully saturated rings. The van der Waals surface area contributed by atoms with Crippen LogP contribution in [0.1, 0.15) is 10.4 Å². The van der Waals surface area contributed by atoms with Crippen LogP contribution in [0.4, 0.5) is 5.13 Å². The van der Waals surface area contributed by atoms with Crippen molar-refractivity contribution in [2.75, 3.05) is 12.4 Å². The van der Waals surface area contributed by atoms with Crippen LogP contribution in [0.15, 0.2) is 30.5 Å². The number of aromatic hydroxyl groups is 1. The Morgan fingerprint density at radius 2 is 2.22 bits per heavy atom. The van der Waals surface area contributed by atoms with E-state index >= 15 is 0 Å². The molecule has 0 radical (unpaired) electrons. The van der Waals surface area contributed by atoms with E-state index < -0.39 is 0 Å². The molecule has 0 aliphatic rings. The van der Waals surface area contributed by atoms with Crippen molar-refractivity contribution in [2.24, 2.45) is 0 Å². The van der Waals surface area contributed by atoms with Crippen molar-refractivity contribution < 1.29 is 5.11 Å². The van der Waals surface area contributed by atoms with Gasteiger partial charge in [0.05, 0.1) is 4.88 Å². The fourth-order valence-corrected chi connectivity index (χ4v) is 2.85. The van der Waals surface area contributed by atoms with Crippen molar-refractivity contribution in [1.82, 2.24) is 9.97 Å². The molecule has 1 aromatic carbocycles. The average molecular weight is 259 g/mol. The van der Waals surface area contributed by atoms with Crippen molar-refractivity contribution >= 4 is 27.4 Å². The van der Waals surface area contributed by atoms with Gasteiger partial charge in [-0.15, -0.1) is 0 Å². The summed E-state index contributed by atoms with van der Waals surface area (Å²) in [6.07, 6.45) is 2.68. The standard InChI is InChI=1S/C13H13N3OS/c1-14-13-16-12(17)11(18-13)6-8-7-15-10-5-3-2-4-9(8)10/h2-5,7,15,17H,6H2,1H3,(H,14,16). The highest BCUT2D eigenvalue weighted by Gasteiger charge is 2.12. The lowest BCUT2D eigenvalue weighted by molar-refractivity contribution is 0.453. The lowest BCUT2D eigenvalue weighted by atomic mass is 10.1. The number of thiazole rings is 1. The molecule has 0 bridgehead atoms. The van der Waals surface area contributed by atoms with Gasteiger partial charge in [0, 0.05) is 30.6 Å². The predicted octanol–water partition coefficient (Wildman–Crippen LogP) is 2.96. The highest BCUT2D eigenvalue weighted by molar-refractivity contribution is 7.15. The van der Waals surface area contributed by atoms with Crippen LogP contribution in [0.3, 0.4) is 0 Å². The highest BCUT2D eigenvalue weighted by Crippen LogP contribution is 2.31.